The van der Waals surface area contributed by atoms with Crippen LogP contribution in [-0.4, -0.2) is 21.2 Å². The van der Waals surface area contributed by atoms with Gasteiger partial charge in [-0.1, -0.05) is 47.1 Å². The highest BCUT2D eigenvalue weighted by Gasteiger charge is 2.19. The lowest BCUT2D eigenvalue weighted by Crippen LogP contribution is -2.22. The van der Waals surface area contributed by atoms with Gasteiger partial charge in [0.25, 0.3) is 5.56 Å². The van der Waals surface area contributed by atoms with Crippen molar-refractivity contribution in [3.05, 3.63) is 79.4 Å². The molecule has 2 aromatic heterocycles. The molecule has 4 aromatic rings. The Hall–Kier alpha value is -2.32. The number of rotatable bonds is 5. The van der Waals surface area contributed by atoms with Crippen LogP contribution in [0.4, 0.5) is 5.69 Å². The van der Waals surface area contributed by atoms with Gasteiger partial charge in [-0.3, -0.25) is 14.2 Å². The van der Waals surface area contributed by atoms with E-state index in [1.807, 2.05) is 13.8 Å². The van der Waals surface area contributed by atoms with Gasteiger partial charge >= 0.3 is 0 Å². The molecule has 0 bridgehead atoms. The molecule has 5 nitrogen and oxygen atoms in total. The number of aromatic nitrogens is 2. The van der Waals surface area contributed by atoms with E-state index in [9.17, 15) is 9.59 Å². The molecule has 1 N–H and O–H groups in total. The quantitative estimate of drug-likeness (QED) is 0.271. The molecule has 0 atom stereocenters. The molecule has 0 unspecified atom stereocenters. The molecule has 0 saturated heterocycles. The highest BCUT2D eigenvalue weighted by atomic mass is 35.5. The van der Waals surface area contributed by atoms with E-state index in [2.05, 4.69) is 5.32 Å². The van der Waals surface area contributed by atoms with Crippen LogP contribution in [0.25, 0.3) is 15.9 Å². The number of hydrogen-bond acceptors (Lipinski definition) is 5. The van der Waals surface area contributed by atoms with Crippen LogP contribution in [0.2, 0.25) is 10.0 Å². The predicted octanol–water partition coefficient (Wildman–Crippen LogP) is 6.10. The van der Waals surface area contributed by atoms with E-state index in [-0.39, 0.29) is 17.2 Å². The van der Waals surface area contributed by atoms with Gasteiger partial charge in [-0.15, -0.1) is 11.3 Å². The molecule has 4 rings (SSSR count). The second kappa shape index (κ2) is 9.04. The summed E-state index contributed by atoms with van der Waals surface area (Å²) in [6, 6.07) is 14.0. The number of thioether (sulfide) groups is 1. The summed E-state index contributed by atoms with van der Waals surface area (Å²) in [5.74, 6) is -0.147. The normalized spacial score (nSPS) is 11.1. The zero-order chi connectivity index (χ0) is 22.1. The predicted molar refractivity (Wildman–Crippen MR) is 131 cm³/mol. The van der Waals surface area contributed by atoms with E-state index >= 15 is 0 Å². The Kier molecular flexibility index (Phi) is 6.39. The lowest BCUT2D eigenvalue weighted by molar-refractivity contribution is -0.113. The van der Waals surface area contributed by atoms with Crippen LogP contribution < -0.4 is 10.9 Å². The van der Waals surface area contributed by atoms with Crippen molar-refractivity contribution in [3.63, 3.8) is 0 Å². The van der Waals surface area contributed by atoms with Crippen molar-refractivity contribution < 1.29 is 4.79 Å². The average Bonchev–Trinajstić information content (AvgIpc) is 3.00. The number of benzene rings is 2. The second-order valence-corrected chi connectivity index (χ2v) is 9.84. The first-order chi connectivity index (χ1) is 14.8. The van der Waals surface area contributed by atoms with Crippen molar-refractivity contribution in [2.75, 3.05) is 11.1 Å². The van der Waals surface area contributed by atoms with Gasteiger partial charge in [0.2, 0.25) is 5.91 Å². The lowest BCUT2D eigenvalue weighted by Gasteiger charge is -2.13. The number of fused-ring (bicyclic) bond motifs is 1. The molecule has 0 aliphatic carbocycles. The van der Waals surface area contributed by atoms with Crippen molar-refractivity contribution in [3.8, 4) is 5.69 Å². The topological polar surface area (TPSA) is 64.0 Å². The van der Waals surface area contributed by atoms with Gasteiger partial charge in [-0.25, -0.2) is 4.98 Å². The molecule has 158 valence electrons. The Labute approximate surface area is 197 Å². The highest BCUT2D eigenvalue weighted by Crippen LogP contribution is 2.30. The maximum Gasteiger partial charge on any atom is 0.267 e. The van der Waals surface area contributed by atoms with Crippen LogP contribution >= 0.6 is 46.3 Å². The van der Waals surface area contributed by atoms with E-state index < -0.39 is 0 Å². The third-order valence-corrected chi connectivity index (χ3v) is 7.19. The van der Waals surface area contributed by atoms with Gasteiger partial charge in [0.15, 0.2) is 5.16 Å². The molecule has 0 spiro atoms. The molecule has 31 heavy (non-hydrogen) atoms. The maximum absolute atomic E-state index is 13.4. The smallest absolute Gasteiger partial charge is 0.267 e. The number of halogens is 2. The minimum atomic E-state index is -0.224. The van der Waals surface area contributed by atoms with Crippen molar-refractivity contribution in [2.45, 2.75) is 19.0 Å². The molecule has 9 heteroatoms. The maximum atomic E-state index is 13.4. The number of carbonyl (C=O) groups excluding carboxylic acids is 1. The van der Waals surface area contributed by atoms with Crippen molar-refractivity contribution >= 4 is 68.1 Å². The first-order valence-corrected chi connectivity index (χ1v) is 11.9. The number of anilines is 1. The summed E-state index contributed by atoms with van der Waals surface area (Å²) in [7, 11) is 0. The van der Waals surface area contributed by atoms with Gasteiger partial charge in [0, 0.05) is 20.6 Å². The van der Waals surface area contributed by atoms with Crippen molar-refractivity contribution in [1.29, 1.82) is 0 Å². The van der Waals surface area contributed by atoms with Crippen molar-refractivity contribution in [2.24, 2.45) is 0 Å². The summed E-state index contributed by atoms with van der Waals surface area (Å²) in [6.45, 7) is 3.89. The van der Waals surface area contributed by atoms with Gasteiger partial charge < -0.3 is 5.32 Å². The van der Waals surface area contributed by atoms with Gasteiger partial charge in [0.1, 0.15) is 4.83 Å². The van der Waals surface area contributed by atoms with Crippen LogP contribution in [0.5, 0.6) is 0 Å². The minimum Gasteiger partial charge on any atom is -0.325 e. The first-order valence-electron chi connectivity index (χ1n) is 9.30. The van der Waals surface area contributed by atoms with E-state index in [1.165, 1.54) is 27.7 Å². The Morgan fingerprint density at radius 1 is 1.13 bits per heavy atom. The third-order valence-electron chi connectivity index (χ3n) is 4.68. The van der Waals surface area contributed by atoms with E-state index in [0.29, 0.717) is 36.8 Å². The van der Waals surface area contributed by atoms with Crippen molar-refractivity contribution in [1.82, 2.24) is 9.55 Å². The SMILES string of the molecule is Cc1sc2nc(SCC(=O)Nc3cccc(Cl)c3)n(-c3cccc(Cl)c3)c(=O)c2c1C. The molecule has 2 aromatic carbocycles. The summed E-state index contributed by atoms with van der Waals surface area (Å²) in [6.07, 6.45) is 0. The molecule has 0 aliphatic heterocycles. The van der Waals surface area contributed by atoms with Crippen LogP contribution in [0.3, 0.4) is 0 Å². The largest absolute Gasteiger partial charge is 0.325 e. The number of nitrogens with zero attached hydrogens (tertiary/aromatic N) is 2. The standard InChI is InChI=1S/C22H17Cl2N3O2S2/c1-12-13(2)31-20-19(12)21(29)27(17-8-4-6-15(24)10-17)22(26-20)30-11-18(28)25-16-7-3-5-14(23)9-16/h3-10H,11H2,1-2H3,(H,25,28). The molecule has 0 aliphatic rings. The average molecular weight is 490 g/mol. The monoisotopic (exact) mass is 489 g/mol. The number of carbonyl (C=O) groups is 1. The second-order valence-electron chi connectivity index (χ2n) is 6.83. The summed E-state index contributed by atoms with van der Waals surface area (Å²) in [5, 5.41) is 4.88. The fourth-order valence-electron chi connectivity index (χ4n) is 3.11. The van der Waals surface area contributed by atoms with Gasteiger partial charge in [-0.05, 0) is 55.8 Å². The highest BCUT2D eigenvalue weighted by molar-refractivity contribution is 7.99. The Bertz CT molecular complexity index is 1360. The number of thiophene rings is 1. The van der Waals surface area contributed by atoms with E-state index in [0.717, 1.165) is 10.4 Å². The molecule has 2 heterocycles. The fraction of sp³-hybridized carbons (Fsp3) is 0.136. The number of nitrogens with one attached hydrogen (secondary N) is 1. The molecule has 0 radical (unpaired) electrons. The summed E-state index contributed by atoms with van der Waals surface area (Å²) in [4.78, 5) is 32.3. The fourth-order valence-corrected chi connectivity index (χ4v) is 5.37. The summed E-state index contributed by atoms with van der Waals surface area (Å²) < 4.78 is 1.52. The third kappa shape index (κ3) is 4.65. The van der Waals surface area contributed by atoms with Crippen LogP contribution in [0, 0.1) is 13.8 Å². The molecular formula is C22H17Cl2N3O2S2. The minimum absolute atomic E-state index is 0.0777. The van der Waals surface area contributed by atoms with E-state index in [1.54, 1.807) is 48.5 Å². The molecule has 0 saturated carbocycles. The Morgan fingerprint density at radius 2 is 1.84 bits per heavy atom. The molecule has 0 fully saturated rings. The Balaban J connectivity index is 1.71. The first kappa shape index (κ1) is 21.9. The van der Waals surface area contributed by atoms with Crippen LogP contribution in [-0.2, 0) is 4.79 Å². The number of amides is 1. The summed E-state index contributed by atoms with van der Waals surface area (Å²) in [5.41, 5.74) is 1.96. The molecular weight excluding hydrogens is 473 g/mol. The lowest BCUT2D eigenvalue weighted by atomic mass is 10.2. The van der Waals surface area contributed by atoms with E-state index in [4.69, 9.17) is 28.2 Å². The summed E-state index contributed by atoms with van der Waals surface area (Å²) >= 11 is 14.8. The zero-order valence-electron chi connectivity index (χ0n) is 16.6. The van der Waals surface area contributed by atoms with Gasteiger partial charge in [0.05, 0.1) is 16.8 Å². The zero-order valence-corrected chi connectivity index (χ0v) is 19.8. The number of aryl methyl sites for hydroxylation is 2. The molecule has 1 amide bonds. The number of hydrogen-bond donors (Lipinski definition) is 1. The van der Waals surface area contributed by atoms with Crippen LogP contribution in [0.15, 0.2) is 58.5 Å². The Morgan fingerprint density at radius 3 is 2.55 bits per heavy atom. The van der Waals surface area contributed by atoms with Gasteiger partial charge in [-0.2, -0.15) is 0 Å². The van der Waals surface area contributed by atoms with Crippen LogP contribution in [0.1, 0.15) is 10.4 Å².